The fourth-order valence-corrected chi connectivity index (χ4v) is 8.30. The van der Waals surface area contributed by atoms with Gasteiger partial charge in [-0.1, -0.05) is 45.1 Å². The van der Waals surface area contributed by atoms with E-state index in [2.05, 4.69) is 24.4 Å². The fraction of sp³-hybridized carbons (Fsp3) is 0.750. The van der Waals surface area contributed by atoms with Crippen molar-refractivity contribution in [2.45, 2.75) is 128 Å². The Kier molecular flexibility index (Phi) is 8.08. The quantitative estimate of drug-likeness (QED) is 0.414. The van der Waals surface area contributed by atoms with Crippen LogP contribution in [0.5, 0.6) is 5.75 Å². The summed E-state index contributed by atoms with van der Waals surface area (Å²) in [4.78, 5) is 25.3. The molecule has 0 aromatic heterocycles. The Morgan fingerprint density at radius 3 is 2.56 bits per heavy atom. The number of amides is 1. The van der Waals surface area contributed by atoms with Crippen molar-refractivity contribution in [3.05, 3.63) is 28.8 Å². The van der Waals surface area contributed by atoms with E-state index in [0.29, 0.717) is 36.0 Å². The Hall–Kier alpha value is -1.84. The van der Waals surface area contributed by atoms with Crippen molar-refractivity contribution in [2.75, 3.05) is 7.11 Å². The number of carbonyl (C=O) groups excluding carboxylic acids is 2. The van der Waals surface area contributed by atoms with Gasteiger partial charge in [-0.2, -0.15) is 0 Å². The van der Waals surface area contributed by atoms with Gasteiger partial charge in [0.1, 0.15) is 11.5 Å². The molecule has 198 valence electrons. The van der Waals surface area contributed by atoms with E-state index in [1.807, 2.05) is 0 Å². The van der Waals surface area contributed by atoms with Gasteiger partial charge >= 0.3 is 0 Å². The molecule has 0 heterocycles. The van der Waals surface area contributed by atoms with Gasteiger partial charge in [0.2, 0.25) is 5.91 Å². The van der Waals surface area contributed by atoms with E-state index in [9.17, 15) is 9.59 Å². The van der Waals surface area contributed by atoms with Crippen molar-refractivity contribution in [2.24, 2.45) is 17.3 Å². The van der Waals surface area contributed by atoms with Gasteiger partial charge in [-0.25, -0.2) is 0 Å². The third kappa shape index (κ3) is 5.24. The Morgan fingerprint density at radius 2 is 1.78 bits per heavy atom. The highest BCUT2D eigenvalue weighted by Gasteiger charge is 2.54. The molecule has 4 heteroatoms. The second-order valence-corrected chi connectivity index (χ2v) is 12.5. The molecule has 0 saturated heterocycles. The third-order valence-electron chi connectivity index (χ3n) is 10.4. The normalized spacial score (nSPS) is 30.5. The summed E-state index contributed by atoms with van der Waals surface area (Å²) in [6.45, 7) is 2.26. The number of Topliss-reactive ketones (excluding diaryl/α,β-unsaturated/α-hetero) is 1. The van der Waals surface area contributed by atoms with Crippen molar-refractivity contribution in [1.82, 2.24) is 5.32 Å². The molecule has 0 spiro atoms. The van der Waals surface area contributed by atoms with Crippen LogP contribution in [0.25, 0.3) is 0 Å². The first-order chi connectivity index (χ1) is 17.5. The monoisotopic (exact) mass is 493 g/mol. The predicted octanol–water partition coefficient (Wildman–Crippen LogP) is 7.06. The molecule has 3 saturated carbocycles. The van der Waals surface area contributed by atoms with Crippen LogP contribution in [0.2, 0.25) is 0 Å². The molecular weight excluding hydrogens is 446 g/mol. The maximum atomic E-state index is 12.7. The molecule has 1 amide bonds. The van der Waals surface area contributed by atoms with E-state index in [-0.39, 0.29) is 11.3 Å². The van der Waals surface area contributed by atoms with Gasteiger partial charge in [0.25, 0.3) is 0 Å². The van der Waals surface area contributed by atoms with Crippen LogP contribution in [-0.2, 0) is 22.4 Å². The molecule has 0 bridgehead atoms. The van der Waals surface area contributed by atoms with Gasteiger partial charge in [-0.05, 0) is 105 Å². The summed E-state index contributed by atoms with van der Waals surface area (Å²) in [6, 6.07) is 5.13. The van der Waals surface area contributed by atoms with E-state index in [1.165, 1.54) is 55.2 Å². The number of benzene rings is 1. The van der Waals surface area contributed by atoms with Crippen LogP contribution in [0.15, 0.2) is 12.1 Å². The van der Waals surface area contributed by atoms with Crippen molar-refractivity contribution in [1.29, 1.82) is 0 Å². The zero-order valence-corrected chi connectivity index (χ0v) is 22.7. The molecule has 4 aliphatic rings. The molecule has 4 aliphatic carbocycles. The Labute approximate surface area is 218 Å². The van der Waals surface area contributed by atoms with Crippen molar-refractivity contribution in [3.8, 4) is 5.75 Å². The van der Waals surface area contributed by atoms with E-state index in [0.717, 1.165) is 70.0 Å². The minimum atomic E-state index is -0.0650. The van der Waals surface area contributed by atoms with Gasteiger partial charge in [0, 0.05) is 24.3 Å². The van der Waals surface area contributed by atoms with Crippen LogP contribution in [0.1, 0.15) is 126 Å². The van der Waals surface area contributed by atoms with Gasteiger partial charge in [0.15, 0.2) is 0 Å². The highest BCUT2D eigenvalue weighted by atomic mass is 16.5. The van der Waals surface area contributed by atoms with E-state index in [4.69, 9.17) is 4.74 Å². The van der Waals surface area contributed by atoms with Crippen molar-refractivity contribution >= 4 is 11.7 Å². The zero-order valence-electron chi connectivity index (χ0n) is 22.7. The van der Waals surface area contributed by atoms with Crippen molar-refractivity contribution in [3.63, 3.8) is 0 Å². The summed E-state index contributed by atoms with van der Waals surface area (Å²) in [5.74, 6) is 3.59. The number of hydrogen-bond acceptors (Lipinski definition) is 3. The maximum absolute atomic E-state index is 12.7. The lowest BCUT2D eigenvalue weighted by molar-refractivity contribution is -0.129. The number of fused-ring (bicyclic) bond motifs is 5. The number of rotatable bonds is 7. The number of aryl methyl sites for hydroxylation is 2. The molecular formula is C32H47NO3. The number of carbonyl (C=O) groups is 2. The molecule has 36 heavy (non-hydrogen) atoms. The average molecular weight is 494 g/mol. The highest BCUT2D eigenvalue weighted by Crippen LogP contribution is 2.59. The lowest BCUT2D eigenvalue weighted by atomic mass is 9.55. The van der Waals surface area contributed by atoms with Crippen LogP contribution in [0.3, 0.4) is 0 Å². The summed E-state index contributed by atoms with van der Waals surface area (Å²) >= 11 is 0. The number of hydrogen-bond donors (Lipinski definition) is 1. The molecule has 0 radical (unpaired) electrons. The molecule has 1 aromatic carbocycles. The second-order valence-electron chi connectivity index (χ2n) is 12.5. The van der Waals surface area contributed by atoms with Crippen LogP contribution >= 0.6 is 0 Å². The van der Waals surface area contributed by atoms with E-state index >= 15 is 0 Å². The molecule has 4 atom stereocenters. The number of unbranched alkanes of at least 4 members (excludes halogenated alkanes) is 1. The summed E-state index contributed by atoms with van der Waals surface area (Å²) in [5.41, 5.74) is 4.23. The molecule has 4 nitrogen and oxygen atoms in total. The molecule has 3 unspecified atom stereocenters. The van der Waals surface area contributed by atoms with Gasteiger partial charge in [0.05, 0.1) is 7.11 Å². The number of ether oxygens (including phenoxy) is 1. The zero-order chi connectivity index (χ0) is 25.1. The molecule has 3 fully saturated rings. The summed E-state index contributed by atoms with van der Waals surface area (Å²) in [7, 11) is 1.79. The first kappa shape index (κ1) is 25.8. The van der Waals surface area contributed by atoms with E-state index in [1.54, 1.807) is 7.11 Å². The van der Waals surface area contributed by atoms with Crippen molar-refractivity contribution < 1.29 is 14.3 Å². The van der Waals surface area contributed by atoms with Gasteiger partial charge < -0.3 is 10.1 Å². The van der Waals surface area contributed by atoms with Crippen LogP contribution in [-0.4, -0.2) is 24.8 Å². The molecule has 1 aromatic rings. The summed E-state index contributed by atoms with van der Waals surface area (Å²) in [6.07, 6.45) is 18.7. The number of methoxy groups -OCH3 is 1. The Morgan fingerprint density at radius 1 is 1.00 bits per heavy atom. The van der Waals surface area contributed by atoms with Crippen LogP contribution in [0.4, 0.5) is 0 Å². The predicted molar refractivity (Wildman–Crippen MR) is 144 cm³/mol. The number of ketones is 1. The first-order valence-corrected chi connectivity index (χ1v) is 15.0. The lowest BCUT2D eigenvalue weighted by Crippen LogP contribution is -2.42. The largest absolute Gasteiger partial charge is 0.496 e. The molecule has 1 N–H and O–H groups in total. The van der Waals surface area contributed by atoms with Crippen LogP contribution < -0.4 is 10.1 Å². The minimum Gasteiger partial charge on any atom is -0.496 e. The molecule has 0 aliphatic heterocycles. The summed E-state index contributed by atoms with van der Waals surface area (Å²) in [5, 5.41) is 3.32. The fourth-order valence-electron chi connectivity index (χ4n) is 8.30. The molecule has 5 rings (SSSR count). The second kappa shape index (κ2) is 11.3. The lowest BCUT2D eigenvalue weighted by Gasteiger charge is -2.48. The maximum Gasteiger partial charge on any atom is 0.220 e. The summed E-state index contributed by atoms with van der Waals surface area (Å²) < 4.78 is 5.82. The average Bonchev–Trinajstić information content (AvgIpc) is 3.17. The topological polar surface area (TPSA) is 55.4 Å². The van der Waals surface area contributed by atoms with Gasteiger partial charge in [-0.15, -0.1) is 0 Å². The Bertz CT molecular complexity index is 947. The highest BCUT2D eigenvalue weighted by molar-refractivity contribution is 5.87. The Balaban J connectivity index is 1.19. The third-order valence-corrected chi connectivity index (χ3v) is 10.4. The number of nitrogens with one attached hydrogen (secondary N) is 1. The smallest absolute Gasteiger partial charge is 0.220 e. The minimum absolute atomic E-state index is 0.0650. The van der Waals surface area contributed by atoms with E-state index < -0.39 is 0 Å². The van der Waals surface area contributed by atoms with Gasteiger partial charge in [-0.3, -0.25) is 9.59 Å². The SMILES string of the molecule is COc1cc2c(cc1CCCCC(=O)NC1CCCCCCC1)C1CC[C@]3(C)C(=O)CCC3C1CC2. The standard InChI is InChI=1S/C32H47NO3/c1-32-19-18-25-26(28(32)16-17-30(32)34)15-14-22-21-29(36-2)23(20-27(22)25)10-8-9-13-31(35)33-24-11-6-4-3-5-7-12-24/h20-21,24-26,28H,3-19H2,1-2H3,(H,33,35)/t25?,26?,28?,32-/m0/s1. The van der Waals surface area contributed by atoms with Crippen LogP contribution in [0, 0.1) is 17.3 Å². The first-order valence-electron chi connectivity index (χ1n) is 15.0.